The summed E-state index contributed by atoms with van der Waals surface area (Å²) in [6.45, 7) is 0. The molecule has 0 fully saturated rings. The highest BCUT2D eigenvalue weighted by Gasteiger charge is 2.12. The number of rotatable bonds is 3. The standard InChI is InChI=1S/C14H9FN2O3/c15-10-3-1-9(2-4-10)7-14-16-12-6-5-11(17(18)19)8-13(12)20-14/h1-6,8H,7H2. The third kappa shape index (κ3) is 2.35. The van der Waals surface area contributed by atoms with Crippen LogP contribution in [-0.2, 0) is 6.42 Å². The highest BCUT2D eigenvalue weighted by molar-refractivity contribution is 5.75. The summed E-state index contributed by atoms with van der Waals surface area (Å²) in [6.07, 6.45) is 0.406. The Hall–Kier alpha value is -2.76. The second-order valence-electron chi connectivity index (χ2n) is 4.32. The first-order valence-electron chi connectivity index (χ1n) is 5.90. The van der Waals surface area contributed by atoms with Gasteiger partial charge in [0.2, 0.25) is 0 Å². The van der Waals surface area contributed by atoms with Crippen LogP contribution in [0.25, 0.3) is 11.1 Å². The molecular weight excluding hydrogens is 263 g/mol. The molecule has 0 unspecified atom stereocenters. The molecule has 0 aliphatic carbocycles. The second-order valence-corrected chi connectivity index (χ2v) is 4.32. The molecule has 0 aliphatic heterocycles. The van der Waals surface area contributed by atoms with Crippen molar-refractivity contribution >= 4 is 16.8 Å². The van der Waals surface area contributed by atoms with Gasteiger partial charge in [-0.1, -0.05) is 12.1 Å². The summed E-state index contributed by atoms with van der Waals surface area (Å²) >= 11 is 0. The van der Waals surface area contributed by atoms with Crippen LogP contribution in [0.1, 0.15) is 11.5 Å². The fourth-order valence-corrected chi connectivity index (χ4v) is 1.93. The Bertz CT molecular complexity index is 781. The first-order chi connectivity index (χ1) is 9.61. The molecule has 2 aromatic carbocycles. The minimum Gasteiger partial charge on any atom is -0.440 e. The van der Waals surface area contributed by atoms with Crippen LogP contribution in [0.3, 0.4) is 0 Å². The van der Waals surface area contributed by atoms with Gasteiger partial charge in [0.05, 0.1) is 11.0 Å². The maximum absolute atomic E-state index is 12.8. The topological polar surface area (TPSA) is 69.2 Å². The number of hydrogen-bond donors (Lipinski definition) is 0. The molecule has 5 nitrogen and oxygen atoms in total. The van der Waals surface area contributed by atoms with Gasteiger partial charge in [-0.15, -0.1) is 0 Å². The second kappa shape index (κ2) is 4.73. The largest absolute Gasteiger partial charge is 0.440 e. The quantitative estimate of drug-likeness (QED) is 0.540. The van der Waals surface area contributed by atoms with E-state index in [4.69, 9.17) is 4.42 Å². The van der Waals surface area contributed by atoms with Crippen LogP contribution in [0.2, 0.25) is 0 Å². The van der Waals surface area contributed by atoms with E-state index in [2.05, 4.69) is 4.98 Å². The number of oxazole rings is 1. The molecule has 3 rings (SSSR count). The van der Waals surface area contributed by atoms with Gasteiger partial charge in [0.1, 0.15) is 11.3 Å². The van der Waals surface area contributed by atoms with Crippen molar-refractivity contribution in [2.45, 2.75) is 6.42 Å². The lowest BCUT2D eigenvalue weighted by molar-refractivity contribution is -0.384. The van der Waals surface area contributed by atoms with Crippen molar-refractivity contribution in [1.29, 1.82) is 0 Å². The minimum atomic E-state index is -0.485. The molecule has 100 valence electrons. The molecule has 0 radical (unpaired) electrons. The molecular formula is C14H9FN2O3. The van der Waals surface area contributed by atoms with Crippen molar-refractivity contribution in [3.8, 4) is 0 Å². The predicted octanol–water partition coefficient (Wildman–Crippen LogP) is 3.47. The molecule has 0 N–H and O–H groups in total. The normalized spacial score (nSPS) is 10.8. The number of benzene rings is 2. The maximum Gasteiger partial charge on any atom is 0.273 e. The summed E-state index contributed by atoms with van der Waals surface area (Å²) < 4.78 is 18.3. The van der Waals surface area contributed by atoms with Gasteiger partial charge in [-0.05, 0) is 23.8 Å². The molecule has 0 atom stereocenters. The molecule has 1 heterocycles. The Morgan fingerprint density at radius 3 is 2.65 bits per heavy atom. The van der Waals surface area contributed by atoms with Crippen LogP contribution >= 0.6 is 0 Å². The van der Waals surface area contributed by atoms with E-state index in [1.807, 2.05) is 0 Å². The van der Waals surface area contributed by atoms with Crippen molar-refractivity contribution in [2.24, 2.45) is 0 Å². The molecule has 6 heteroatoms. The summed E-state index contributed by atoms with van der Waals surface area (Å²) in [4.78, 5) is 14.4. The Morgan fingerprint density at radius 1 is 1.20 bits per heavy atom. The van der Waals surface area contributed by atoms with Crippen LogP contribution in [0.5, 0.6) is 0 Å². The molecule has 0 saturated heterocycles. The van der Waals surface area contributed by atoms with E-state index >= 15 is 0 Å². The highest BCUT2D eigenvalue weighted by Crippen LogP contribution is 2.22. The van der Waals surface area contributed by atoms with Crippen LogP contribution in [0.15, 0.2) is 46.9 Å². The van der Waals surface area contributed by atoms with Crippen molar-refractivity contribution in [3.05, 3.63) is 69.9 Å². The Morgan fingerprint density at radius 2 is 1.95 bits per heavy atom. The fourth-order valence-electron chi connectivity index (χ4n) is 1.93. The van der Waals surface area contributed by atoms with Crippen LogP contribution in [0, 0.1) is 15.9 Å². The first kappa shape index (κ1) is 12.3. The van der Waals surface area contributed by atoms with E-state index in [1.54, 1.807) is 18.2 Å². The average Bonchev–Trinajstić information content (AvgIpc) is 2.82. The van der Waals surface area contributed by atoms with Gasteiger partial charge in [0, 0.05) is 12.5 Å². The lowest BCUT2D eigenvalue weighted by Crippen LogP contribution is -1.88. The minimum absolute atomic E-state index is 0.0398. The SMILES string of the molecule is O=[N+]([O-])c1ccc2nc(Cc3ccc(F)cc3)oc2c1. The van der Waals surface area contributed by atoms with Crippen LogP contribution in [0.4, 0.5) is 10.1 Å². The number of aromatic nitrogens is 1. The third-order valence-corrected chi connectivity index (χ3v) is 2.90. The van der Waals surface area contributed by atoms with E-state index in [-0.39, 0.29) is 11.5 Å². The Labute approximate surface area is 112 Å². The van der Waals surface area contributed by atoms with E-state index in [0.29, 0.717) is 23.4 Å². The number of nitro benzene ring substituents is 1. The van der Waals surface area contributed by atoms with Crippen molar-refractivity contribution < 1.29 is 13.7 Å². The molecule has 0 aliphatic rings. The van der Waals surface area contributed by atoms with Crippen LogP contribution in [-0.4, -0.2) is 9.91 Å². The van der Waals surface area contributed by atoms with Gasteiger partial charge >= 0.3 is 0 Å². The lowest BCUT2D eigenvalue weighted by Gasteiger charge is -1.96. The highest BCUT2D eigenvalue weighted by atomic mass is 19.1. The number of halogens is 1. The van der Waals surface area contributed by atoms with Gasteiger partial charge in [-0.3, -0.25) is 10.1 Å². The van der Waals surface area contributed by atoms with Gasteiger partial charge in [0.25, 0.3) is 5.69 Å². The Kier molecular flexibility index (Phi) is 2.90. The van der Waals surface area contributed by atoms with Gasteiger partial charge in [0.15, 0.2) is 11.5 Å². The van der Waals surface area contributed by atoms with Crippen molar-refractivity contribution in [2.75, 3.05) is 0 Å². The molecule has 1 aromatic heterocycles. The van der Waals surface area contributed by atoms with Gasteiger partial charge in [-0.2, -0.15) is 0 Å². The van der Waals surface area contributed by atoms with Gasteiger partial charge < -0.3 is 4.42 Å². The number of hydrogen-bond acceptors (Lipinski definition) is 4. The molecule has 0 saturated carbocycles. The third-order valence-electron chi connectivity index (χ3n) is 2.90. The zero-order valence-electron chi connectivity index (χ0n) is 10.2. The summed E-state index contributed by atoms with van der Waals surface area (Å²) in [5.41, 5.74) is 1.75. The number of nitro groups is 1. The smallest absolute Gasteiger partial charge is 0.273 e. The van der Waals surface area contributed by atoms with E-state index in [1.165, 1.54) is 24.3 Å². The van der Waals surface area contributed by atoms with Crippen molar-refractivity contribution in [3.63, 3.8) is 0 Å². The van der Waals surface area contributed by atoms with E-state index in [9.17, 15) is 14.5 Å². The summed E-state index contributed by atoms with van der Waals surface area (Å²) in [5.74, 6) is 0.133. The summed E-state index contributed by atoms with van der Waals surface area (Å²) in [6, 6.07) is 10.3. The maximum atomic E-state index is 12.8. The average molecular weight is 272 g/mol. The zero-order chi connectivity index (χ0) is 14.1. The van der Waals surface area contributed by atoms with Crippen LogP contribution < -0.4 is 0 Å². The predicted molar refractivity (Wildman–Crippen MR) is 69.9 cm³/mol. The number of fused-ring (bicyclic) bond motifs is 1. The lowest BCUT2D eigenvalue weighted by atomic mass is 10.1. The van der Waals surface area contributed by atoms with E-state index < -0.39 is 4.92 Å². The van der Waals surface area contributed by atoms with Gasteiger partial charge in [-0.25, -0.2) is 9.37 Å². The molecule has 3 aromatic rings. The monoisotopic (exact) mass is 272 g/mol. The number of non-ortho nitro benzene ring substituents is 1. The fraction of sp³-hybridized carbons (Fsp3) is 0.0714. The molecule has 0 spiro atoms. The van der Waals surface area contributed by atoms with E-state index in [0.717, 1.165) is 5.56 Å². The molecule has 20 heavy (non-hydrogen) atoms. The molecule has 0 bridgehead atoms. The molecule has 0 amide bonds. The Balaban J connectivity index is 1.92. The van der Waals surface area contributed by atoms with Crippen molar-refractivity contribution in [1.82, 2.24) is 4.98 Å². The summed E-state index contributed by atoms with van der Waals surface area (Å²) in [5, 5.41) is 10.7. The summed E-state index contributed by atoms with van der Waals surface area (Å²) in [7, 11) is 0. The zero-order valence-corrected chi connectivity index (χ0v) is 10.2. The number of nitrogens with zero attached hydrogens (tertiary/aromatic N) is 2. The first-order valence-corrected chi connectivity index (χ1v) is 5.90.